The smallest absolute Gasteiger partial charge is 0.210 e. The van der Waals surface area contributed by atoms with Gasteiger partial charge in [-0.2, -0.15) is 0 Å². The largest absolute Gasteiger partial charge is 0.394 e. The number of aliphatic hydroxyl groups is 2. The Balaban J connectivity index is 2.63. The molecular formula is C10H20O3. The SMILES string of the molecule is [2H]OC[C@@H]1O[C@H](CO)[C@H](C)C(C)[C@H]1C. The minimum atomic E-state index is -0.110. The molecule has 0 aliphatic carbocycles. The van der Waals surface area contributed by atoms with Crippen LogP contribution in [-0.2, 0) is 4.74 Å². The van der Waals surface area contributed by atoms with Crippen molar-refractivity contribution in [3.63, 3.8) is 0 Å². The van der Waals surface area contributed by atoms with E-state index in [0.29, 0.717) is 17.8 Å². The molecule has 1 unspecified atom stereocenters. The number of aliphatic hydroxyl groups excluding tert-OH is 2. The maximum absolute atomic E-state index is 9.14. The van der Waals surface area contributed by atoms with Crippen LogP contribution in [0, 0.1) is 17.8 Å². The summed E-state index contributed by atoms with van der Waals surface area (Å²) in [6.45, 7) is 6.71. The van der Waals surface area contributed by atoms with Gasteiger partial charge in [-0.05, 0) is 17.8 Å². The van der Waals surface area contributed by atoms with Gasteiger partial charge in [-0.1, -0.05) is 20.8 Å². The average Bonchev–Trinajstić information content (AvgIpc) is 2.19. The fourth-order valence-corrected chi connectivity index (χ4v) is 2.03. The molecule has 1 fully saturated rings. The van der Waals surface area contributed by atoms with Gasteiger partial charge in [0.2, 0.25) is 1.43 Å². The van der Waals surface area contributed by atoms with Crippen molar-refractivity contribution in [2.75, 3.05) is 13.2 Å². The number of hydrogen-bond donors (Lipinski definition) is 2. The van der Waals surface area contributed by atoms with Crippen molar-refractivity contribution >= 4 is 0 Å². The molecule has 0 saturated carbocycles. The Labute approximate surface area is 81.2 Å². The summed E-state index contributed by atoms with van der Waals surface area (Å²) >= 11 is 0. The van der Waals surface area contributed by atoms with Crippen LogP contribution in [0.5, 0.6) is 0 Å². The zero-order chi connectivity index (χ0) is 10.7. The average molecular weight is 189 g/mol. The zero-order valence-electron chi connectivity index (χ0n) is 9.56. The van der Waals surface area contributed by atoms with E-state index in [1.807, 2.05) is 0 Å². The Morgan fingerprint density at radius 1 is 1.08 bits per heavy atom. The van der Waals surface area contributed by atoms with E-state index in [1.54, 1.807) is 0 Å². The molecule has 1 aliphatic heterocycles. The molecule has 0 aromatic carbocycles. The van der Waals surface area contributed by atoms with Crippen LogP contribution in [0.4, 0.5) is 0 Å². The van der Waals surface area contributed by atoms with Crippen LogP contribution in [0.25, 0.3) is 0 Å². The molecule has 1 aliphatic rings. The highest BCUT2D eigenvalue weighted by Gasteiger charge is 2.38. The van der Waals surface area contributed by atoms with E-state index in [4.69, 9.17) is 11.3 Å². The van der Waals surface area contributed by atoms with Crippen molar-refractivity contribution in [2.45, 2.75) is 33.0 Å². The minimum Gasteiger partial charge on any atom is -0.394 e. The summed E-state index contributed by atoms with van der Waals surface area (Å²) in [4.78, 5) is 0. The predicted octanol–water partition coefficient (Wildman–Crippen LogP) is 0.647. The van der Waals surface area contributed by atoms with Gasteiger partial charge in [0, 0.05) is 0 Å². The van der Waals surface area contributed by atoms with Gasteiger partial charge in [0.15, 0.2) is 0 Å². The summed E-state index contributed by atoms with van der Waals surface area (Å²) in [5.74, 6) is 1.22. The fraction of sp³-hybridized carbons (Fsp3) is 1.00. The molecule has 2 N–H and O–H groups in total. The summed E-state index contributed by atoms with van der Waals surface area (Å²) < 4.78 is 12.4. The highest BCUT2D eigenvalue weighted by atomic mass is 16.5. The van der Waals surface area contributed by atoms with Crippen LogP contribution in [0.1, 0.15) is 20.8 Å². The first-order chi connectivity index (χ1) is 6.61. The molecule has 0 spiro atoms. The van der Waals surface area contributed by atoms with E-state index in [9.17, 15) is 0 Å². The maximum atomic E-state index is 9.14. The summed E-state index contributed by atoms with van der Waals surface area (Å²) in [5.41, 5.74) is 0. The Bertz CT molecular complexity index is 173. The molecule has 0 bridgehead atoms. The number of ether oxygens (including phenoxy) is 1. The second-order valence-corrected chi connectivity index (χ2v) is 4.14. The van der Waals surface area contributed by atoms with E-state index in [1.165, 1.54) is 0 Å². The molecule has 0 aromatic rings. The van der Waals surface area contributed by atoms with Gasteiger partial charge in [-0.15, -0.1) is 0 Å². The van der Waals surface area contributed by atoms with Gasteiger partial charge in [0.1, 0.15) is 0 Å². The topological polar surface area (TPSA) is 49.7 Å². The van der Waals surface area contributed by atoms with E-state index >= 15 is 0 Å². The van der Waals surface area contributed by atoms with E-state index in [-0.39, 0.29) is 25.4 Å². The second kappa shape index (κ2) is 4.40. The normalized spacial score (nSPS) is 47.4. The Morgan fingerprint density at radius 2 is 1.62 bits per heavy atom. The molecule has 78 valence electrons. The van der Waals surface area contributed by atoms with Crippen LogP contribution >= 0.6 is 0 Å². The van der Waals surface area contributed by atoms with Crippen LogP contribution in [0.2, 0.25) is 0 Å². The molecule has 5 atom stereocenters. The molecule has 3 nitrogen and oxygen atoms in total. The van der Waals surface area contributed by atoms with Crippen LogP contribution in [0.15, 0.2) is 0 Å². The van der Waals surface area contributed by atoms with Gasteiger partial charge in [0.05, 0.1) is 25.4 Å². The van der Waals surface area contributed by atoms with Gasteiger partial charge >= 0.3 is 0 Å². The van der Waals surface area contributed by atoms with Gasteiger partial charge in [-0.3, -0.25) is 0 Å². The molecule has 1 rings (SSSR count). The van der Waals surface area contributed by atoms with Crippen molar-refractivity contribution in [1.82, 2.24) is 0 Å². The lowest BCUT2D eigenvalue weighted by Crippen LogP contribution is -2.47. The summed E-state index contributed by atoms with van der Waals surface area (Å²) in [7, 11) is 0. The molecule has 1 saturated heterocycles. The first-order valence-corrected chi connectivity index (χ1v) is 4.96. The quantitative estimate of drug-likeness (QED) is 0.685. The second-order valence-electron chi connectivity index (χ2n) is 4.14. The predicted molar refractivity (Wildman–Crippen MR) is 50.3 cm³/mol. The Hall–Kier alpha value is -0.120. The highest BCUT2D eigenvalue weighted by molar-refractivity contribution is 4.85. The van der Waals surface area contributed by atoms with Gasteiger partial charge in [-0.25, -0.2) is 0 Å². The van der Waals surface area contributed by atoms with Crippen molar-refractivity contribution in [2.24, 2.45) is 17.8 Å². The van der Waals surface area contributed by atoms with E-state index in [0.717, 1.165) is 0 Å². The molecule has 3 heteroatoms. The first kappa shape index (κ1) is 9.44. The van der Waals surface area contributed by atoms with Gasteiger partial charge < -0.3 is 15.0 Å². The van der Waals surface area contributed by atoms with Crippen molar-refractivity contribution in [3.05, 3.63) is 0 Å². The maximum Gasteiger partial charge on any atom is 0.210 e. The minimum absolute atomic E-state index is 0.0483. The molecule has 0 aromatic heterocycles. The lowest BCUT2D eigenvalue weighted by atomic mass is 9.77. The summed E-state index contributed by atoms with van der Waals surface area (Å²) in [6, 6.07) is 0. The van der Waals surface area contributed by atoms with Crippen molar-refractivity contribution < 1.29 is 15.0 Å². The summed E-state index contributed by atoms with van der Waals surface area (Å²) in [6.07, 6.45) is -0.169. The van der Waals surface area contributed by atoms with Crippen LogP contribution in [-0.4, -0.2) is 37.1 Å². The number of hydrogen-bond acceptors (Lipinski definition) is 3. The van der Waals surface area contributed by atoms with Crippen LogP contribution in [0.3, 0.4) is 0 Å². The molecule has 0 radical (unpaired) electrons. The number of rotatable bonds is 3. The molecule has 0 amide bonds. The fourth-order valence-electron chi connectivity index (χ4n) is 2.03. The monoisotopic (exact) mass is 189 g/mol. The van der Waals surface area contributed by atoms with E-state index < -0.39 is 0 Å². The van der Waals surface area contributed by atoms with Gasteiger partial charge in [0.25, 0.3) is 0 Å². The third-order valence-electron chi connectivity index (χ3n) is 3.53. The van der Waals surface area contributed by atoms with Crippen molar-refractivity contribution in [3.8, 4) is 0 Å². The van der Waals surface area contributed by atoms with Crippen molar-refractivity contribution in [1.29, 1.82) is 1.43 Å². The van der Waals surface area contributed by atoms with E-state index in [2.05, 4.69) is 25.9 Å². The third-order valence-corrected chi connectivity index (χ3v) is 3.53. The first-order valence-electron chi connectivity index (χ1n) is 5.37. The molecule has 1 heterocycles. The highest BCUT2D eigenvalue weighted by Crippen LogP contribution is 2.34. The Kier molecular flexibility index (Phi) is 3.19. The molecule has 13 heavy (non-hydrogen) atoms. The Morgan fingerprint density at radius 3 is 2.08 bits per heavy atom. The standard InChI is InChI=1S/C10H20O3/c1-6-7(2)9(4-11)13-10(5-12)8(6)3/h6-12H,4-5H2,1-3H3/t6?,7-,8-,9-,10+/m1/s1/i11D/t6?,7-,8-,9+,10-. The lowest BCUT2D eigenvalue weighted by Gasteiger charge is -2.42. The van der Waals surface area contributed by atoms with Crippen LogP contribution < -0.4 is 0 Å². The zero-order valence-corrected chi connectivity index (χ0v) is 8.56. The summed E-state index contributed by atoms with van der Waals surface area (Å²) in [5, 5.41) is 13.5. The lowest BCUT2D eigenvalue weighted by molar-refractivity contribution is -0.160. The molecular weight excluding hydrogens is 168 g/mol. The third kappa shape index (κ3) is 2.03.